The van der Waals surface area contributed by atoms with Crippen molar-refractivity contribution in [3.8, 4) is 0 Å². The molecule has 0 aliphatic heterocycles. The number of anilines is 2. The predicted molar refractivity (Wildman–Crippen MR) is 84.3 cm³/mol. The van der Waals surface area contributed by atoms with Crippen LogP contribution in [0.4, 0.5) is 10.8 Å². The number of nitrogen functional groups attached to an aromatic ring is 1. The fraction of sp³-hybridized carbons (Fsp3) is 0.714. The first-order valence-electron chi connectivity index (χ1n) is 7.32. The lowest BCUT2D eigenvalue weighted by atomic mass is 10.1. The van der Waals surface area contributed by atoms with Gasteiger partial charge in [-0.05, 0) is 31.3 Å². The molecule has 1 heterocycles. The van der Waals surface area contributed by atoms with Crippen molar-refractivity contribution in [2.75, 3.05) is 17.7 Å². The molecule has 0 fully saturated rings. The van der Waals surface area contributed by atoms with E-state index in [1.54, 1.807) is 6.92 Å². The molecule has 114 valence electrons. The molecule has 20 heavy (non-hydrogen) atoms. The minimum Gasteiger partial charge on any atom is -0.462 e. The Hall–Kier alpha value is -1.30. The zero-order valence-corrected chi connectivity index (χ0v) is 13.4. The minimum atomic E-state index is -0.396. The summed E-state index contributed by atoms with van der Waals surface area (Å²) in [6, 6.07) is 0.355. The van der Waals surface area contributed by atoms with Crippen LogP contribution in [-0.4, -0.2) is 23.0 Å². The Morgan fingerprint density at radius 3 is 2.70 bits per heavy atom. The van der Waals surface area contributed by atoms with E-state index in [9.17, 15) is 4.79 Å². The summed E-state index contributed by atoms with van der Waals surface area (Å²) in [5.74, 6) is -0.145. The van der Waals surface area contributed by atoms with E-state index >= 15 is 0 Å². The molecule has 6 heteroatoms. The van der Waals surface area contributed by atoms with Crippen LogP contribution in [0.5, 0.6) is 0 Å². The maximum atomic E-state index is 11.9. The highest BCUT2D eigenvalue weighted by atomic mass is 32.1. The van der Waals surface area contributed by atoms with E-state index in [1.165, 1.54) is 18.0 Å². The van der Waals surface area contributed by atoms with E-state index in [0.29, 0.717) is 18.2 Å². The number of nitrogens with zero attached hydrogens (tertiary/aromatic N) is 1. The smallest absolute Gasteiger partial charge is 0.344 e. The Balaban J connectivity index is 2.81. The van der Waals surface area contributed by atoms with E-state index < -0.39 is 5.97 Å². The van der Waals surface area contributed by atoms with Crippen molar-refractivity contribution in [3.63, 3.8) is 0 Å². The van der Waals surface area contributed by atoms with Crippen LogP contribution in [0.15, 0.2) is 0 Å². The molecule has 0 aliphatic rings. The lowest BCUT2D eigenvalue weighted by Gasteiger charge is -2.18. The first-order valence-corrected chi connectivity index (χ1v) is 8.10. The monoisotopic (exact) mass is 299 g/mol. The SMILES string of the molecule is CCCCC(CCC)Nc1snc(N)c1C(=O)OCC. The quantitative estimate of drug-likeness (QED) is 0.680. The topological polar surface area (TPSA) is 77.2 Å². The van der Waals surface area contributed by atoms with E-state index in [0.717, 1.165) is 30.7 Å². The summed E-state index contributed by atoms with van der Waals surface area (Å²) in [5, 5.41) is 4.15. The molecule has 1 atom stereocenters. The molecule has 3 N–H and O–H groups in total. The molecule has 0 aromatic carbocycles. The van der Waals surface area contributed by atoms with Gasteiger partial charge in [0, 0.05) is 6.04 Å². The van der Waals surface area contributed by atoms with Crippen LogP contribution in [0.3, 0.4) is 0 Å². The number of nitrogens with one attached hydrogen (secondary N) is 1. The van der Waals surface area contributed by atoms with E-state index in [2.05, 4.69) is 23.5 Å². The summed E-state index contributed by atoms with van der Waals surface area (Å²) < 4.78 is 9.11. The van der Waals surface area contributed by atoms with Crippen molar-refractivity contribution < 1.29 is 9.53 Å². The van der Waals surface area contributed by atoms with Crippen LogP contribution in [0.2, 0.25) is 0 Å². The number of hydrogen-bond acceptors (Lipinski definition) is 6. The second-order valence-corrected chi connectivity index (χ2v) is 5.54. The molecule has 1 unspecified atom stereocenters. The van der Waals surface area contributed by atoms with Crippen LogP contribution in [0.1, 0.15) is 63.2 Å². The highest BCUT2D eigenvalue weighted by Gasteiger charge is 2.22. The molecule has 0 spiro atoms. The predicted octanol–water partition coefficient (Wildman–Crippen LogP) is 3.67. The summed E-state index contributed by atoms with van der Waals surface area (Å²) >= 11 is 1.23. The number of aromatic nitrogens is 1. The molecule has 0 amide bonds. The van der Waals surface area contributed by atoms with Gasteiger partial charge in [-0.25, -0.2) is 4.79 Å². The third kappa shape index (κ3) is 4.67. The summed E-state index contributed by atoms with van der Waals surface area (Å²) in [6.07, 6.45) is 5.59. The van der Waals surface area contributed by atoms with Crippen LogP contribution in [0, 0.1) is 0 Å². The van der Waals surface area contributed by atoms with Crippen LogP contribution in [0.25, 0.3) is 0 Å². The third-order valence-corrected chi connectivity index (χ3v) is 3.87. The first kappa shape index (κ1) is 16.8. The van der Waals surface area contributed by atoms with Gasteiger partial charge in [-0.3, -0.25) is 0 Å². The van der Waals surface area contributed by atoms with Crippen LogP contribution >= 0.6 is 11.5 Å². The number of ether oxygens (including phenoxy) is 1. The molecule has 1 rings (SSSR count). The van der Waals surface area contributed by atoms with Crippen molar-refractivity contribution in [1.82, 2.24) is 4.37 Å². The van der Waals surface area contributed by atoms with E-state index in [1.807, 2.05) is 0 Å². The van der Waals surface area contributed by atoms with E-state index in [4.69, 9.17) is 10.5 Å². The Morgan fingerprint density at radius 2 is 2.10 bits per heavy atom. The average molecular weight is 299 g/mol. The molecule has 0 bridgehead atoms. The van der Waals surface area contributed by atoms with Crippen molar-refractivity contribution in [2.24, 2.45) is 0 Å². The van der Waals surface area contributed by atoms with Crippen molar-refractivity contribution >= 4 is 28.3 Å². The molecule has 1 aromatic rings. The molecule has 5 nitrogen and oxygen atoms in total. The minimum absolute atomic E-state index is 0.252. The Morgan fingerprint density at radius 1 is 1.35 bits per heavy atom. The maximum absolute atomic E-state index is 11.9. The highest BCUT2D eigenvalue weighted by Crippen LogP contribution is 2.29. The lowest BCUT2D eigenvalue weighted by molar-refractivity contribution is 0.0529. The maximum Gasteiger partial charge on any atom is 0.344 e. The second kappa shape index (κ2) is 8.79. The highest BCUT2D eigenvalue weighted by molar-refractivity contribution is 7.11. The van der Waals surface area contributed by atoms with Crippen LogP contribution < -0.4 is 11.1 Å². The summed E-state index contributed by atoms with van der Waals surface area (Å²) in [4.78, 5) is 11.9. The molecular formula is C14H25N3O2S. The van der Waals surface area contributed by atoms with Crippen molar-refractivity contribution in [1.29, 1.82) is 0 Å². The second-order valence-electron chi connectivity index (χ2n) is 4.76. The lowest BCUT2D eigenvalue weighted by Crippen LogP contribution is -2.20. The number of nitrogens with two attached hydrogens (primary N) is 1. The fourth-order valence-corrected chi connectivity index (χ4v) is 2.85. The van der Waals surface area contributed by atoms with Gasteiger partial charge >= 0.3 is 5.97 Å². The molecule has 0 saturated carbocycles. The Bertz CT molecular complexity index is 421. The number of carbonyl (C=O) groups excluding carboxylic acids is 1. The summed E-state index contributed by atoms with van der Waals surface area (Å²) in [7, 11) is 0. The molecular weight excluding hydrogens is 274 g/mol. The molecule has 1 aromatic heterocycles. The summed E-state index contributed by atoms with van der Waals surface area (Å²) in [6.45, 7) is 6.45. The van der Waals surface area contributed by atoms with Gasteiger partial charge < -0.3 is 15.8 Å². The van der Waals surface area contributed by atoms with Crippen LogP contribution in [-0.2, 0) is 4.74 Å². The van der Waals surface area contributed by atoms with Gasteiger partial charge in [0.1, 0.15) is 10.6 Å². The largest absolute Gasteiger partial charge is 0.462 e. The zero-order chi connectivity index (χ0) is 15.0. The van der Waals surface area contributed by atoms with Gasteiger partial charge in [-0.15, -0.1) is 0 Å². The van der Waals surface area contributed by atoms with Gasteiger partial charge in [-0.1, -0.05) is 33.1 Å². The average Bonchev–Trinajstić information content (AvgIpc) is 2.77. The first-order chi connectivity index (χ1) is 9.63. The number of hydrogen-bond donors (Lipinski definition) is 2. The van der Waals surface area contributed by atoms with Gasteiger partial charge in [0.25, 0.3) is 0 Å². The third-order valence-electron chi connectivity index (χ3n) is 3.08. The zero-order valence-electron chi connectivity index (χ0n) is 12.6. The number of rotatable bonds is 9. The normalized spacial score (nSPS) is 12.2. The van der Waals surface area contributed by atoms with Gasteiger partial charge in [0.15, 0.2) is 5.82 Å². The number of carbonyl (C=O) groups is 1. The van der Waals surface area contributed by atoms with Crippen molar-refractivity contribution in [2.45, 2.75) is 58.9 Å². The number of esters is 1. The van der Waals surface area contributed by atoms with E-state index in [-0.39, 0.29) is 5.82 Å². The van der Waals surface area contributed by atoms with Gasteiger partial charge in [0.05, 0.1) is 6.61 Å². The Labute approximate surface area is 125 Å². The molecule has 0 radical (unpaired) electrons. The van der Waals surface area contributed by atoms with Gasteiger partial charge in [-0.2, -0.15) is 4.37 Å². The Kier molecular flexibility index (Phi) is 7.36. The van der Waals surface area contributed by atoms with Crippen molar-refractivity contribution in [3.05, 3.63) is 5.56 Å². The molecule has 0 aliphatic carbocycles. The van der Waals surface area contributed by atoms with Gasteiger partial charge in [0.2, 0.25) is 0 Å². The fourth-order valence-electron chi connectivity index (χ4n) is 2.07. The summed E-state index contributed by atoms with van der Waals surface area (Å²) in [5.41, 5.74) is 6.16. The molecule has 0 saturated heterocycles. The number of unbranched alkanes of at least 4 members (excludes halogenated alkanes) is 1. The standard InChI is InChI=1S/C14H25N3O2S/c1-4-7-9-10(8-5-2)16-13-11(12(15)17-20-13)14(18)19-6-3/h10,16H,4-9H2,1-3H3,(H2,15,17).